The van der Waals surface area contributed by atoms with E-state index in [2.05, 4.69) is 10.6 Å². The van der Waals surface area contributed by atoms with Gasteiger partial charge in [-0.05, 0) is 70.2 Å². The molecule has 1 heterocycles. The Morgan fingerprint density at radius 1 is 1.06 bits per heavy atom. The second-order valence-corrected chi connectivity index (χ2v) is 9.43. The summed E-state index contributed by atoms with van der Waals surface area (Å²) in [6.45, 7) is 7.15. The van der Waals surface area contributed by atoms with Crippen LogP contribution in [0.2, 0.25) is 0 Å². The highest BCUT2D eigenvalue weighted by Gasteiger charge is 2.36. The Morgan fingerprint density at radius 2 is 1.79 bits per heavy atom. The highest BCUT2D eigenvalue weighted by molar-refractivity contribution is 5.94. The third kappa shape index (κ3) is 7.07. The van der Waals surface area contributed by atoms with Crippen molar-refractivity contribution in [2.45, 2.75) is 64.6 Å². The van der Waals surface area contributed by atoms with Crippen molar-refractivity contribution in [2.24, 2.45) is 0 Å². The van der Waals surface area contributed by atoms with Gasteiger partial charge in [0.15, 0.2) is 0 Å². The molecule has 1 fully saturated rings. The Bertz CT molecular complexity index is 985. The summed E-state index contributed by atoms with van der Waals surface area (Å²) in [5.74, 6) is -0.756. The van der Waals surface area contributed by atoms with Crippen LogP contribution >= 0.6 is 0 Å². The molecular formula is C26H33N3O4. The number of hydrogen-bond donors (Lipinski definition) is 2. The number of rotatable bonds is 5. The van der Waals surface area contributed by atoms with E-state index in [9.17, 15) is 14.4 Å². The molecule has 7 heteroatoms. The molecule has 2 aromatic carbocycles. The van der Waals surface area contributed by atoms with Crippen LogP contribution in [0.3, 0.4) is 0 Å². The van der Waals surface area contributed by atoms with Crippen LogP contribution < -0.4 is 10.6 Å². The van der Waals surface area contributed by atoms with Gasteiger partial charge in [0.2, 0.25) is 5.91 Å². The lowest BCUT2D eigenvalue weighted by atomic mass is 10.0. The minimum atomic E-state index is -0.731. The summed E-state index contributed by atoms with van der Waals surface area (Å²) in [6.07, 6.45) is 1.91. The van der Waals surface area contributed by atoms with Gasteiger partial charge in [-0.3, -0.25) is 9.59 Å². The Kier molecular flexibility index (Phi) is 7.74. The van der Waals surface area contributed by atoms with Crippen molar-refractivity contribution in [2.75, 3.05) is 11.9 Å². The highest BCUT2D eigenvalue weighted by Crippen LogP contribution is 2.31. The van der Waals surface area contributed by atoms with Crippen LogP contribution in [-0.2, 0) is 14.3 Å². The zero-order valence-corrected chi connectivity index (χ0v) is 19.8. The van der Waals surface area contributed by atoms with Crippen molar-refractivity contribution in [1.82, 2.24) is 10.2 Å². The number of hydrogen-bond acceptors (Lipinski definition) is 4. The number of esters is 1. The number of carbonyl (C=O) groups excluding carboxylic acids is 3. The van der Waals surface area contributed by atoms with Gasteiger partial charge < -0.3 is 20.3 Å². The number of carbonyl (C=O) groups is 3. The van der Waals surface area contributed by atoms with Crippen LogP contribution in [0.5, 0.6) is 0 Å². The quantitative estimate of drug-likeness (QED) is 0.652. The van der Waals surface area contributed by atoms with Gasteiger partial charge in [0.1, 0.15) is 18.2 Å². The fraction of sp³-hybridized carbons (Fsp3) is 0.423. The minimum absolute atomic E-state index is 0.173. The molecule has 1 saturated heterocycles. The Balaban J connectivity index is 1.78. The molecule has 1 aliphatic rings. The standard InChI is InChI=1S/C26H33N3O4/c1-18-10-8-13-20(16-18)27-25(32)28-21-14-9-15-22(19-11-6-5-7-12-19)29(24(21)31)17-23(30)33-26(2,3)4/h5-8,10-13,16,21-22H,9,14-15,17H2,1-4H3,(H2,27,28,32). The summed E-state index contributed by atoms with van der Waals surface area (Å²) < 4.78 is 5.49. The van der Waals surface area contributed by atoms with Gasteiger partial charge in [-0.25, -0.2) is 4.79 Å². The maximum Gasteiger partial charge on any atom is 0.326 e. The second kappa shape index (κ2) is 10.5. The van der Waals surface area contributed by atoms with Crippen molar-refractivity contribution in [3.05, 3.63) is 65.7 Å². The normalized spacial score (nSPS) is 18.9. The number of urea groups is 1. The van der Waals surface area contributed by atoms with Gasteiger partial charge in [0.25, 0.3) is 0 Å². The summed E-state index contributed by atoms with van der Waals surface area (Å²) in [7, 11) is 0. The number of aryl methyl sites for hydroxylation is 1. The van der Waals surface area contributed by atoms with Crippen LogP contribution in [-0.4, -0.2) is 41.0 Å². The molecule has 3 amide bonds. The Hall–Kier alpha value is -3.35. The van der Waals surface area contributed by atoms with Crippen LogP contribution in [0, 0.1) is 6.92 Å². The lowest BCUT2D eigenvalue weighted by Gasteiger charge is -2.32. The number of likely N-dealkylation sites (tertiary alicyclic amines) is 1. The molecule has 0 spiro atoms. The fourth-order valence-electron chi connectivity index (χ4n) is 4.05. The Labute approximate surface area is 195 Å². The fourth-order valence-corrected chi connectivity index (χ4v) is 4.05. The number of nitrogens with zero attached hydrogens (tertiary/aromatic N) is 1. The molecule has 1 aliphatic heterocycles. The molecule has 33 heavy (non-hydrogen) atoms. The van der Waals surface area contributed by atoms with Crippen molar-refractivity contribution >= 4 is 23.6 Å². The molecule has 2 unspecified atom stereocenters. The van der Waals surface area contributed by atoms with Gasteiger partial charge >= 0.3 is 12.0 Å². The first-order valence-electron chi connectivity index (χ1n) is 11.3. The van der Waals surface area contributed by atoms with Crippen molar-refractivity contribution in [3.63, 3.8) is 0 Å². The van der Waals surface area contributed by atoms with Gasteiger partial charge in [-0.2, -0.15) is 0 Å². The predicted octanol–water partition coefficient (Wildman–Crippen LogP) is 4.58. The minimum Gasteiger partial charge on any atom is -0.459 e. The van der Waals surface area contributed by atoms with E-state index in [1.165, 1.54) is 0 Å². The zero-order chi connectivity index (χ0) is 24.0. The second-order valence-electron chi connectivity index (χ2n) is 9.43. The Morgan fingerprint density at radius 3 is 2.45 bits per heavy atom. The van der Waals surface area contributed by atoms with Crippen LogP contribution in [0.1, 0.15) is 57.2 Å². The van der Waals surface area contributed by atoms with Crippen molar-refractivity contribution in [3.8, 4) is 0 Å². The van der Waals surface area contributed by atoms with E-state index in [-0.39, 0.29) is 18.5 Å². The first kappa shape index (κ1) is 24.3. The monoisotopic (exact) mass is 451 g/mol. The molecule has 7 nitrogen and oxygen atoms in total. The molecule has 0 saturated carbocycles. The topological polar surface area (TPSA) is 87.7 Å². The van der Waals surface area contributed by atoms with Crippen LogP contribution in [0.15, 0.2) is 54.6 Å². The summed E-state index contributed by atoms with van der Waals surface area (Å²) in [6, 6.07) is 15.7. The molecular weight excluding hydrogens is 418 g/mol. The molecule has 0 aliphatic carbocycles. The maximum atomic E-state index is 13.5. The third-order valence-electron chi connectivity index (χ3n) is 5.41. The number of ether oxygens (including phenoxy) is 1. The molecule has 2 atom stereocenters. The molecule has 0 bridgehead atoms. The molecule has 2 N–H and O–H groups in total. The van der Waals surface area contributed by atoms with E-state index in [0.29, 0.717) is 18.5 Å². The van der Waals surface area contributed by atoms with Gasteiger partial charge in [0, 0.05) is 5.69 Å². The molecule has 3 rings (SSSR count). The van der Waals surface area contributed by atoms with E-state index in [1.54, 1.807) is 31.7 Å². The maximum absolute atomic E-state index is 13.5. The van der Waals surface area contributed by atoms with E-state index in [0.717, 1.165) is 17.5 Å². The summed E-state index contributed by atoms with van der Waals surface area (Å²) in [4.78, 5) is 40.4. The molecule has 0 radical (unpaired) electrons. The lowest BCUT2D eigenvalue weighted by Crippen LogP contribution is -2.51. The average Bonchev–Trinajstić information content (AvgIpc) is 2.87. The average molecular weight is 452 g/mol. The van der Waals surface area contributed by atoms with Gasteiger partial charge in [0.05, 0.1) is 6.04 Å². The van der Waals surface area contributed by atoms with Crippen LogP contribution in [0.4, 0.5) is 10.5 Å². The SMILES string of the molecule is Cc1cccc(NC(=O)NC2CCCC(c3ccccc3)N(CC(=O)OC(C)(C)C)C2=O)c1. The van der Waals surface area contributed by atoms with Gasteiger partial charge in [-0.15, -0.1) is 0 Å². The lowest BCUT2D eigenvalue weighted by molar-refractivity contribution is -0.160. The zero-order valence-electron chi connectivity index (χ0n) is 19.8. The summed E-state index contributed by atoms with van der Waals surface area (Å²) >= 11 is 0. The predicted molar refractivity (Wildman–Crippen MR) is 128 cm³/mol. The number of amides is 3. The molecule has 2 aromatic rings. The van der Waals surface area contributed by atoms with Gasteiger partial charge in [-0.1, -0.05) is 42.5 Å². The number of anilines is 1. The summed E-state index contributed by atoms with van der Waals surface area (Å²) in [5, 5.41) is 5.59. The first-order chi connectivity index (χ1) is 15.6. The number of nitrogens with one attached hydrogen (secondary N) is 2. The van der Waals surface area contributed by atoms with E-state index >= 15 is 0 Å². The van der Waals surface area contributed by atoms with Crippen LogP contribution in [0.25, 0.3) is 0 Å². The molecule has 0 aromatic heterocycles. The van der Waals surface area contributed by atoms with E-state index in [1.807, 2.05) is 55.5 Å². The summed E-state index contributed by atoms with van der Waals surface area (Å²) in [5.41, 5.74) is 1.98. The van der Waals surface area contributed by atoms with Crippen molar-refractivity contribution in [1.29, 1.82) is 0 Å². The first-order valence-corrected chi connectivity index (χ1v) is 11.3. The third-order valence-corrected chi connectivity index (χ3v) is 5.41. The van der Waals surface area contributed by atoms with Crippen molar-refractivity contribution < 1.29 is 19.1 Å². The number of benzene rings is 2. The smallest absolute Gasteiger partial charge is 0.326 e. The largest absolute Gasteiger partial charge is 0.459 e. The van der Waals surface area contributed by atoms with E-state index in [4.69, 9.17) is 4.74 Å². The highest BCUT2D eigenvalue weighted by atomic mass is 16.6. The molecule has 176 valence electrons. The van der Waals surface area contributed by atoms with E-state index < -0.39 is 23.6 Å².